The fourth-order valence-electron chi connectivity index (χ4n) is 1.37. The van der Waals surface area contributed by atoms with E-state index in [0.29, 0.717) is 0 Å². The normalized spacial score (nSPS) is 10.1. The van der Waals surface area contributed by atoms with Crippen molar-refractivity contribution < 1.29 is 27.5 Å². The van der Waals surface area contributed by atoms with Crippen LogP contribution >= 0.6 is 0 Å². The van der Waals surface area contributed by atoms with Crippen molar-refractivity contribution in [1.29, 1.82) is 0 Å². The Balaban J connectivity index is 1.86. The summed E-state index contributed by atoms with van der Waals surface area (Å²) in [6.45, 7) is -0.571. The van der Waals surface area contributed by atoms with Gasteiger partial charge in [0, 0.05) is 11.8 Å². The minimum Gasteiger partial charge on any atom is -0.457 e. The third-order valence-electron chi connectivity index (χ3n) is 2.26. The maximum atomic E-state index is 12.9. The molecule has 7 heteroatoms. The molecule has 1 heterocycles. The lowest BCUT2D eigenvalue weighted by Gasteiger charge is -2.06. The standard InChI is InChI=1S/C13H9F2NO4/c14-9-4-3-8(6-10(9)15)16-12(17)7-20-13(18)11-2-1-5-19-11/h1-6H,7H2,(H,16,17). The number of carbonyl (C=O) groups excluding carboxylic acids is 2. The molecule has 0 aliphatic rings. The number of carbonyl (C=O) groups is 2. The Morgan fingerprint density at radius 1 is 1.20 bits per heavy atom. The summed E-state index contributed by atoms with van der Waals surface area (Å²) >= 11 is 0. The Labute approximate surface area is 112 Å². The van der Waals surface area contributed by atoms with Gasteiger partial charge in [-0.1, -0.05) is 0 Å². The lowest BCUT2D eigenvalue weighted by Crippen LogP contribution is -2.20. The van der Waals surface area contributed by atoms with Gasteiger partial charge in [-0.3, -0.25) is 4.79 Å². The SMILES string of the molecule is O=C(COC(=O)c1ccco1)Nc1ccc(F)c(F)c1. The van der Waals surface area contributed by atoms with E-state index in [1.165, 1.54) is 24.5 Å². The van der Waals surface area contributed by atoms with Gasteiger partial charge in [0.1, 0.15) is 0 Å². The first-order chi connectivity index (χ1) is 9.56. The fraction of sp³-hybridized carbons (Fsp3) is 0.0769. The third kappa shape index (κ3) is 3.41. The summed E-state index contributed by atoms with van der Waals surface area (Å²) in [6.07, 6.45) is 1.29. The van der Waals surface area contributed by atoms with E-state index in [2.05, 4.69) is 10.1 Å². The van der Waals surface area contributed by atoms with Gasteiger partial charge in [0.25, 0.3) is 5.91 Å². The summed E-state index contributed by atoms with van der Waals surface area (Å²) in [5.74, 6) is -3.63. The molecule has 0 unspecified atom stereocenters. The van der Waals surface area contributed by atoms with E-state index in [-0.39, 0.29) is 11.4 Å². The van der Waals surface area contributed by atoms with E-state index in [9.17, 15) is 18.4 Å². The average molecular weight is 281 g/mol. The Morgan fingerprint density at radius 3 is 2.65 bits per heavy atom. The van der Waals surface area contributed by atoms with E-state index in [1.807, 2.05) is 0 Å². The van der Waals surface area contributed by atoms with Crippen LogP contribution in [0.15, 0.2) is 41.0 Å². The topological polar surface area (TPSA) is 68.5 Å². The summed E-state index contributed by atoms with van der Waals surface area (Å²) in [4.78, 5) is 22.8. The first-order valence-electron chi connectivity index (χ1n) is 5.52. The van der Waals surface area contributed by atoms with Crippen LogP contribution < -0.4 is 5.32 Å². The first-order valence-corrected chi connectivity index (χ1v) is 5.52. The van der Waals surface area contributed by atoms with E-state index in [4.69, 9.17) is 4.42 Å². The highest BCUT2D eigenvalue weighted by atomic mass is 19.2. The molecular formula is C13H9F2NO4. The molecule has 1 amide bonds. The van der Waals surface area contributed by atoms with Gasteiger partial charge in [0.2, 0.25) is 5.76 Å². The molecule has 20 heavy (non-hydrogen) atoms. The summed E-state index contributed by atoms with van der Waals surface area (Å²) in [5.41, 5.74) is 0.0583. The third-order valence-corrected chi connectivity index (χ3v) is 2.26. The minimum absolute atomic E-state index is 0.0365. The molecule has 104 valence electrons. The average Bonchev–Trinajstić information content (AvgIpc) is 2.94. The predicted molar refractivity (Wildman–Crippen MR) is 64.0 cm³/mol. The van der Waals surface area contributed by atoms with Gasteiger partial charge in [0.05, 0.1) is 6.26 Å². The van der Waals surface area contributed by atoms with E-state index in [1.54, 1.807) is 0 Å². The molecule has 0 aliphatic heterocycles. The number of esters is 1. The molecule has 5 nitrogen and oxygen atoms in total. The highest BCUT2D eigenvalue weighted by Crippen LogP contribution is 2.13. The molecule has 0 aliphatic carbocycles. The van der Waals surface area contributed by atoms with Gasteiger partial charge in [-0.05, 0) is 24.3 Å². The van der Waals surface area contributed by atoms with Crippen molar-refractivity contribution in [3.8, 4) is 0 Å². The number of ether oxygens (including phenoxy) is 1. The molecule has 0 radical (unpaired) electrons. The van der Waals surface area contributed by atoms with E-state index in [0.717, 1.165) is 12.1 Å². The maximum Gasteiger partial charge on any atom is 0.374 e. The van der Waals surface area contributed by atoms with Crippen molar-refractivity contribution >= 4 is 17.6 Å². The molecule has 1 aromatic carbocycles. The summed E-state index contributed by atoms with van der Waals surface area (Å²) < 4.78 is 35.0. The Kier molecular flexibility index (Phi) is 4.09. The molecule has 0 fully saturated rings. The van der Waals surface area contributed by atoms with Crippen molar-refractivity contribution in [2.45, 2.75) is 0 Å². The second kappa shape index (κ2) is 5.96. The molecule has 1 N–H and O–H groups in total. The highest BCUT2D eigenvalue weighted by molar-refractivity contribution is 5.94. The van der Waals surface area contributed by atoms with Crippen LogP contribution in [-0.2, 0) is 9.53 Å². The molecular weight excluding hydrogens is 272 g/mol. The maximum absolute atomic E-state index is 12.9. The van der Waals surface area contributed by atoms with Crippen molar-refractivity contribution in [3.63, 3.8) is 0 Å². The number of anilines is 1. The van der Waals surface area contributed by atoms with Gasteiger partial charge in [-0.15, -0.1) is 0 Å². The smallest absolute Gasteiger partial charge is 0.374 e. The van der Waals surface area contributed by atoms with Gasteiger partial charge in [-0.25, -0.2) is 13.6 Å². The van der Waals surface area contributed by atoms with Crippen molar-refractivity contribution in [1.82, 2.24) is 0 Å². The number of furan rings is 1. The fourth-order valence-corrected chi connectivity index (χ4v) is 1.37. The van der Waals surface area contributed by atoms with Gasteiger partial charge in [-0.2, -0.15) is 0 Å². The number of benzene rings is 1. The van der Waals surface area contributed by atoms with Crippen LogP contribution in [0.4, 0.5) is 14.5 Å². The zero-order valence-corrected chi connectivity index (χ0v) is 10.1. The molecule has 0 spiro atoms. The zero-order chi connectivity index (χ0) is 14.5. The molecule has 0 saturated carbocycles. The molecule has 2 rings (SSSR count). The highest BCUT2D eigenvalue weighted by Gasteiger charge is 2.13. The molecule has 2 aromatic rings. The number of amides is 1. The van der Waals surface area contributed by atoms with E-state index < -0.39 is 30.1 Å². The lowest BCUT2D eigenvalue weighted by atomic mass is 10.3. The Morgan fingerprint density at radius 2 is 2.00 bits per heavy atom. The number of hydrogen-bond acceptors (Lipinski definition) is 4. The monoisotopic (exact) mass is 281 g/mol. The summed E-state index contributed by atoms with van der Waals surface area (Å²) in [6, 6.07) is 5.76. The lowest BCUT2D eigenvalue weighted by molar-refractivity contribution is -0.119. The van der Waals surface area contributed by atoms with Crippen LogP contribution in [0.25, 0.3) is 0 Å². The molecule has 1 aromatic heterocycles. The second-order valence-corrected chi connectivity index (χ2v) is 3.73. The second-order valence-electron chi connectivity index (χ2n) is 3.73. The number of hydrogen-bond donors (Lipinski definition) is 1. The first kappa shape index (κ1) is 13.7. The van der Waals surface area contributed by atoms with Crippen LogP contribution in [-0.4, -0.2) is 18.5 Å². The predicted octanol–water partition coefficient (Wildman–Crippen LogP) is 2.35. The van der Waals surface area contributed by atoms with Crippen molar-refractivity contribution in [2.75, 3.05) is 11.9 Å². The number of halogens is 2. The Hall–Kier alpha value is -2.70. The Bertz CT molecular complexity index is 625. The number of nitrogens with one attached hydrogen (secondary N) is 1. The number of rotatable bonds is 4. The van der Waals surface area contributed by atoms with E-state index >= 15 is 0 Å². The van der Waals surface area contributed by atoms with Crippen molar-refractivity contribution in [2.24, 2.45) is 0 Å². The van der Waals surface area contributed by atoms with Crippen LogP contribution in [0, 0.1) is 11.6 Å². The molecule has 0 saturated heterocycles. The molecule has 0 bridgehead atoms. The van der Waals surface area contributed by atoms with Crippen LogP contribution in [0.2, 0.25) is 0 Å². The van der Waals surface area contributed by atoms with Gasteiger partial charge in [0.15, 0.2) is 18.2 Å². The van der Waals surface area contributed by atoms with Gasteiger partial charge >= 0.3 is 5.97 Å². The van der Waals surface area contributed by atoms with Crippen LogP contribution in [0.5, 0.6) is 0 Å². The summed E-state index contributed by atoms with van der Waals surface area (Å²) in [7, 11) is 0. The van der Waals surface area contributed by atoms with Crippen LogP contribution in [0.1, 0.15) is 10.6 Å². The van der Waals surface area contributed by atoms with Gasteiger partial charge < -0.3 is 14.5 Å². The minimum atomic E-state index is -1.09. The van der Waals surface area contributed by atoms with Crippen LogP contribution in [0.3, 0.4) is 0 Å². The largest absolute Gasteiger partial charge is 0.457 e. The molecule has 0 atom stereocenters. The summed E-state index contributed by atoms with van der Waals surface area (Å²) in [5, 5.41) is 2.26. The quantitative estimate of drug-likeness (QED) is 0.873. The zero-order valence-electron chi connectivity index (χ0n) is 10.1. The van der Waals surface area contributed by atoms with Crippen molar-refractivity contribution in [3.05, 3.63) is 54.0 Å².